The van der Waals surface area contributed by atoms with Gasteiger partial charge in [0.2, 0.25) is 11.4 Å². The maximum absolute atomic E-state index is 2.66. The summed E-state index contributed by atoms with van der Waals surface area (Å²) in [5, 5.41) is 5.28. The molecule has 0 saturated heterocycles. The number of nitrogens with zero attached hydrogens (tertiary/aromatic N) is 4. The number of hydrogen-bond acceptors (Lipinski definition) is 2. The predicted octanol–water partition coefficient (Wildman–Crippen LogP) is 20.6. The number of para-hydroxylation sites is 2. The Morgan fingerprint density at radius 1 is 0.355 bits per heavy atom. The lowest BCUT2D eigenvalue weighted by Crippen LogP contribution is -2.33. The van der Waals surface area contributed by atoms with E-state index in [-0.39, 0.29) is 21.7 Å². The minimum Gasteiger partial charge on any atom is -0.344 e. The molecule has 10 aromatic rings. The van der Waals surface area contributed by atoms with Crippen molar-refractivity contribution >= 4 is 55.7 Å². The lowest BCUT2D eigenvalue weighted by molar-refractivity contribution is -0.401. The highest BCUT2D eigenvalue weighted by atomic mass is 15.2. The van der Waals surface area contributed by atoms with E-state index in [4.69, 9.17) is 0 Å². The van der Waals surface area contributed by atoms with Gasteiger partial charge in [-0.3, -0.25) is 0 Å². The monoisotopic (exact) mass is 1210 g/mol. The first-order chi connectivity index (χ1) is 45.3. The van der Waals surface area contributed by atoms with Gasteiger partial charge in [-0.15, -0.1) is 0 Å². The zero-order chi connectivity index (χ0) is 63.9. The van der Waals surface area contributed by atoms with Crippen molar-refractivity contribution in [3.05, 3.63) is 334 Å². The molecule has 4 unspecified atom stereocenters. The summed E-state index contributed by atoms with van der Waals surface area (Å²) < 4.78 is 4.85. The molecule has 10 aromatic carbocycles. The number of unbranched alkanes of at least 4 members (excludes halogenated alkanes) is 2. The van der Waals surface area contributed by atoms with Crippen LogP contribution in [-0.2, 0) is 53.8 Å². The van der Waals surface area contributed by atoms with Gasteiger partial charge in [-0.05, 0) is 163 Å². The molecule has 4 nitrogen and oxygen atoms in total. The van der Waals surface area contributed by atoms with E-state index >= 15 is 0 Å². The Hall–Kier alpha value is -9.38. The fraction of sp³-hybridized carbons (Fsp3) is 0.258. The summed E-state index contributed by atoms with van der Waals surface area (Å²) in [5.41, 5.74) is 23.4. The van der Waals surface area contributed by atoms with E-state index in [1.54, 1.807) is 0 Å². The van der Waals surface area contributed by atoms with E-state index in [1.165, 1.54) is 123 Å². The predicted molar refractivity (Wildman–Crippen MR) is 394 cm³/mol. The van der Waals surface area contributed by atoms with Crippen molar-refractivity contribution in [2.24, 2.45) is 0 Å². The molecular weight excluding hydrogens is 1130 g/mol. The highest BCUT2D eigenvalue weighted by Crippen LogP contribution is 2.55. The van der Waals surface area contributed by atoms with Crippen LogP contribution < -0.4 is 9.80 Å². The molecule has 0 fully saturated rings. The van der Waals surface area contributed by atoms with Crippen molar-refractivity contribution < 1.29 is 9.15 Å². The summed E-state index contributed by atoms with van der Waals surface area (Å²) in [5.74, 6) is 0. The zero-order valence-electron chi connectivity index (χ0n) is 56.0. The van der Waals surface area contributed by atoms with Crippen LogP contribution in [0.1, 0.15) is 123 Å². The largest absolute Gasteiger partial charge is 0.344 e. The van der Waals surface area contributed by atoms with Crippen molar-refractivity contribution in [2.45, 2.75) is 121 Å². The number of anilines is 2. The Morgan fingerprint density at radius 2 is 0.699 bits per heavy atom. The second-order valence-corrected chi connectivity index (χ2v) is 27.9. The van der Waals surface area contributed by atoms with Crippen LogP contribution in [0, 0.1) is 0 Å². The van der Waals surface area contributed by atoms with Crippen LogP contribution in [-0.4, -0.2) is 47.8 Å². The van der Waals surface area contributed by atoms with Crippen LogP contribution in [0.15, 0.2) is 278 Å². The van der Waals surface area contributed by atoms with Gasteiger partial charge >= 0.3 is 0 Å². The molecule has 93 heavy (non-hydrogen) atoms. The van der Waals surface area contributed by atoms with Crippen LogP contribution in [0.4, 0.5) is 22.7 Å². The third kappa shape index (κ3) is 11.0. The van der Waals surface area contributed by atoms with Crippen LogP contribution in [0.3, 0.4) is 0 Å². The van der Waals surface area contributed by atoms with Gasteiger partial charge in [0.15, 0.2) is 11.4 Å². The van der Waals surface area contributed by atoms with Crippen molar-refractivity contribution in [3.63, 3.8) is 0 Å². The van der Waals surface area contributed by atoms with Gasteiger partial charge in [-0.25, -0.2) is 0 Å². The Balaban J connectivity index is 0.759. The van der Waals surface area contributed by atoms with Gasteiger partial charge in [0, 0.05) is 82.1 Å². The fourth-order valence-electron chi connectivity index (χ4n) is 17.0. The first-order valence-corrected chi connectivity index (χ1v) is 34.3. The van der Waals surface area contributed by atoms with Crippen LogP contribution in [0.25, 0.3) is 21.5 Å². The van der Waals surface area contributed by atoms with Gasteiger partial charge in [0.25, 0.3) is 0 Å². The van der Waals surface area contributed by atoms with Crippen molar-refractivity contribution in [2.75, 3.05) is 37.0 Å². The molecule has 0 aromatic heterocycles. The number of fused-ring (bicyclic) bond motifs is 8. The van der Waals surface area contributed by atoms with Gasteiger partial charge in [-0.2, -0.15) is 9.15 Å². The summed E-state index contributed by atoms with van der Waals surface area (Å²) in [6.07, 6.45) is 23.5. The van der Waals surface area contributed by atoms with E-state index in [9.17, 15) is 0 Å². The normalized spacial score (nSPS) is 21.6. The smallest absolute Gasteiger partial charge is 0.209 e. The molecule has 0 spiro atoms. The average molecular weight is 1220 g/mol. The fourth-order valence-corrected chi connectivity index (χ4v) is 17.0. The maximum atomic E-state index is 2.66. The average Bonchev–Trinajstić information content (AvgIpc) is 1.60. The lowest BCUT2D eigenvalue weighted by Gasteiger charge is -2.31. The van der Waals surface area contributed by atoms with Gasteiger partial charge in [-0.1, -0.05) is 245 Å². The summed E-state index contributed by atoms with van der Waals surface area (Å²) >= 11 is 0. The number of benzene rings is 10. The van der Waals surface area contributed by atoms with E-state index in [0.717, 1.165) is 70.9 Å². The third-order valence-electron chi connectivity index (χ3n) is 21.6. The molecule has 0 bridgehead atoms. The molecule has 4 aliphatic rings. The molecule has 0 N–H and O–H groups in total. The quantitative estimate of drug-likeness (QED) is 0.0705. The second kappa shape index (κ2) is 25.3. The summed E-state index contributed by atoms with van der Waals surface area (Å²) in [7, 11) is 4.50. The SMILES string of the molecule is CCCCN1C(=CC=CC2=[N+](C)c3ccccc3C2(C)Cc2ccccc2)C(C)(Cc2ccc(Cc3ccc(CC4(C)C(=CC=CC5=[N+](C)c6ccccc6C5(C)Cc5ccccc5)N(CCCC)c5ccc6ccccc6c54)cc3)cc2)c2c1ccc1ccccc21. The Morgan fingerprint density at radius 3 is 1.11 bits per heavy atom. The molecule has 0 aliphatic carbocycles. The van der Waals surface area contributed by atoms with Crippen LogP contribution in [0.2, 0.25) is 0 Å². The molecule has 0 radical (unpaired) electrons. The Labute approximate surface area is 553 Å². The van der Waals surface area contributed by atoms with E-state index in [1.807, 2.05) is 0 Å². The van der Waals surface area contributed by atoms with Crippen LogP contribution >= 0.6 is 0 Å². The maximum Gasteiger partial charge on any atom is 0.209 e. The van der Waals surface area contributed by atoms with E-state index in [0.29, 0.717) is 0 Å². The molecule has 464 valence electrons. The minimum absolute atomic E-state index is 0.188. The highest BCUT2D eigenvalue weighted by molar-refractivity contribution is 6.05. The number of hydrogen-bond donors (Lipinski definition) is 0. The second-order valence-electron chi connectivity index (χ2n) is 27.9. The molecule has 4 heteroatoms. The lowest BCUT2D eigenvalue weighted by atomic mass is 9.74. The Bertz CT molecular complexity index is 4340. The topological polar surface area (TPSA) is 12.5 Å². The van der Waals surface area contributed by atoms with Gasteiger partial charge in [0.1, 0.15) is 14.1 Å². The zero-order valence-corrected chi connectivity index (χ0v) is 56.0. The first kappa shape index (κ1) is 61.1. The summed E-state index contributed by atoms with van der Waals surface area (Å²) in [6.45, 7) is 16.5. The van der Waals surface area contributed by atoms with Crippen molar-refractivity contribution in [1.82, 2.24) is 0 Å². The molecule has 14 rings (SSSR count). The standard InChI is InChI=1S/C89H90N4/c1-9-11-57-92-78-55-53-70-33-19-21-35-72(70)84(78)88(5,82(92)43-27-41-80-86(3,60-66-29-15-13-16-30-66)74-37-23-25-39-76(74)90(80)7)62-68-49-45-64(46-50-68)59-65-47-51-69(52-48-65)63-89(6)83(93(58-12-10-2)79-56-54-71-34-20-22-36-73(71)85(79)89)44-28-42-81-87(4,61-67-31-17-14-18-32-67)75-38-24-26-40-77(75)91(81)8/h13-56H,9-12,57-63H2,1-8H3/q+2. The third-order valence-corrected chi connectivity index (χ3v) is 21.6. The number of rotatable bonds is 20. The van der Waals surface area contributed by atoms with Crippen molar-refractivity contribution in [3.8, 4) is 0 Å². The van der Waals surface area contributed by atoms with Crippen molar-refractivity contribution in [1.29, 1.82) is 0 Å². The molecule has 0 saturated carbocycles. The first-order valence-electron chi connectivity index (χ1n) is 34.3. The summed E-state index contributed by atoms with van der Waals surface area (Å²) in [4.78, 5) is 5.33. The molecule has 4 aliphatic heterocycles. The molecule has 4 atom stereocenters. The van der Waals surface area contributed by atoms with E-state index in [2.05, 4.69) is 342 Å². The summed E-state index contributed by atoms with van der Waals surface area (Å²) in [6, 6.07) is 86.8. The highest BCUT2D eigenvalue weighted by Gasteiger charge is 2.50. The van der Waals surface area contributed by atoms with Gasteiger partial charge in [0.05, 0.1) is 10.8 Å². The molecule has 0 amide bonds. The number of allylic oxidation sites excluding steroid dienone is 8. The Kier molecular flexibility index (Phi) is 16.6. The minimum atomic E-state index is -0.294. The van der Waals surface area contributed by atoms with E-state index < -0.39 is 0 Å². The van der Waals surface area contributed by atoms with Crippen LogP contribution in [0.5, 0.6) is 0 Å². The molecular formula is C89H90N4+2. The van der Waals surface area contributed by atoms with Gasteiger partial charge < -0.3 is 9.80 Å². The molecule has 4 heterocycles.